The first-order chi connectivity index (χ1) is 26.3. The summed E-state index contributed by atoms with van der Waals surface area (Å²) in [7, 11) is -0.985. The highest BCUT2D eigenvalue weighted by molar-refractivity contribution is 7.90. The van der Waals surface area contributed by atoms with E-state index in [2.05, 4.69) is 36.7 Å². The van der Waals surface area contributed by atoms with Crippen molar-refractivity contribution in [2.45, 2.75) is 68.6 Å². The number of fused-ring (bicyclic) bond motifs is 4. The van der Waals surface area contributed by atoms with Crippen LogP contribution in [0.25, 0.3) is 0 Å². The van der Waals surface area contributed by atoms with Crippen LogP contribution >= 0.6 is 11.6 Å². The summed E-state index contributed by atoms with van der Waals surface area (Å²) >= 11 is 6.40. The van der Waals surface area contributed by atoms with Crippen molar-refractivity contribution >= 4 is 45.5 Å². The van der Waals surface area contributed by atoms with Gasteiger partial charge in [0.1, 0.15) is 11.4 Å². The Morgan fingerprint density at radius 3 is 2.58 bits per heavy atom. The SMILES string of the molecule is COC(=O)CN1CCNCC1.CO[C@@]1(C=O)/C=C/C[C@H](C)[C@@H](C)S(=O)(=O)NC(=O)c2ccc3c(c2)N(C[C@@H]2CC[C@H]21)C[C@@]1(CCCc2cc(Cl)ccc21)CO3. The first-order valence-corrected chi connectivity index (χ1v) is 21.3. The second-order valence-electron chi connectivity index (χ2n) is 15.8. The Morgan fingerprint density at radius 1 is 1.11 bits per heavy atom. The molecule has 2 bridgehead atoms. The van der Waals surface area contributed by atoms with Gasteiger partial charge in [-0.15, -0.1) is 0 Å². The molecule has 2 N–H and O–H groups in total. The summed E-state index contributed by atoms with van der Waals surface area (Å²) in [6.45, 7) is 9.42. The first-order valence-electron chi connectivity index (χ1n) is 19.4. The second-order valence-corrected chi connectivity index (χ2v) is 18.3. The van der Waals surface area contributed by atoms with E-state index in [0.717, 1.165) is 70.3 Å². The first kappa shape index (κ1) is 41.2. The van der Waals surface area contributed by atoms with Crippen molar-refractivity contribution in [3.8, 4) is 5.75 Å². The van der Waals surface area contributed by atoms with Crippen molar-refractivity contribution in [3.05, 3.63) is 70.3 Å². The van der Waals surface area contributed by atoms with Gasteiger partial charge in [0.05, 0.1) is 31.2 Å². The van der Waals surface area contributed by atoms with E-state index in [0.29, 0.717) is 43.4 Å². The summed E-state index contributed by atoms with van der Waals surface area (Å²) in [6.07, 6.45) is 9.65. The lowest BCUT2D eigenvalue weighted by atomic mass is 9.64. The maximum absolute atomic E-state index is 13.4. The maximum atomic E-state index is 13.4. The molecule has 12 nitrogen and oxygen atoms in total. The molecule has 0 aromatic heterocycles. The predicted molar refractivity (Wildman–Crippen MR) is 212 cm³/mol. The standard InChI is InChI=1S/C34H41ClN2O6S.C7H14N2O2/c1-22-6-4-15-34(20-38,42-3)29-11-8-26(29)18-37-19-33(14-5-7-24-16-27(35)10-12-28(24)33)21-43-31-13-9-25(17-30(31)37)32(39)36-44(40,41)23(22)2;1-11-7(10)6-9-4-2-8-3-5-9/h4,9-10,12-13,15-17,20,22-23,26,29H,5-8,11,14,18-19,21H2,1-3H3,(H,36,39);8H,2-6H2,1H3/b15-4+;/t22-,23+,26-,29+,33-,34+;/m0./s1. The van der Waals surface area contributed by atoms with E-state index in [1.807, 2.05) is 25.1 Å². The van der Waals surface area contributed by atoms with Gasteiger partial charge in [0.2, 0.25) is 10.0 Å². The Bertz CT molecular complexity index is 1870. The summed E-state index contributed by atoms with van der Waals surface area (Å²) in [5.41, 5.74) is 2.05. The monoisotopic (exact) mass is 798 g/mol. The van der Waals surface area contributed by atoms with E-state index < -0.39 is 26.8 Å². The zero-order valence-corrected chi connectivity index (χ0v) is 33.9. The Hall–Kier alpha value is -3.49. The average Bonchev–Trinajstić information content (AvgIpc) is 3.32. The lowest BCUT2D eigenvalue weighted by Crippen LogP contribution is -2.53. The lowest BCUT2D eigenvalue weighted by molar-refractivity contribution is -0.142. The van der Waals surface area contributed by atoms with Gasteiger partial charge in [0.15, 0.2) is 6.29 Å². The molecule has 300 valence electrons. The molecule has 2 aromatic carbocycles. The van der Waals surface area contributed by atoms with Gasteiger partial charge in [-0.1, -0.05) is 30.7 Å². The summed E-state index contributed by atoms with van der Waals surface area (Å²) < 4.78 is 45.9. The van der Waals surface area contributed by atoms with Crippen LogP contribution in [0.1, 0.15) is 67.4 Å². The smallest absolute Gasteiger partial charge is 0.319 e. The number of carbonyl (C=O) groups is 3. The van der Waals surface area contributed by atoms with E-state index in [-0.39, 0.29) is 34.7 Å². The molecular weight excluding hydrogens is 744 g/mol. The molecule has 5 aliphatic rings. The zero-order chi connectivity index (χ0) is 39.4. The number of nitrogens with zero attached hydrogens (tertiary/aromatic N) is 2. The van der Waals surface area contributed by atoms with Gasteiger partial charge in [-0.25, -0.2) is 13.1 Å². The Balaban J connectivity index is 0.000000403. The van der Waals surface area contributed by atoms with Crippen LogP contribution < -0.4 is 19.7 Å². The normalized spacial score (nSPS) is 31.1. The fourth-order valence-corrected chi connectivity index (χ4v) is 10.3. The number of rotatable bonds is 4. The number of halogens is 1. The van der Waals surface area contributed by atoms with Gasteiger partial charge in [-0.05, 0) is 105 Å². The molecule has 2 fully saturated rings. The number of methoxy groups -OCH3 is 2. The van der Waals surface area contributed by atoms with Gasteiger partial charge in [-0.2, -0.15) is 0 Å². The van der Waals surface area contributed by atoms with E-state index in [1.165, 1.54) is 18.2 Å². The zero-order valence-electron chi connectivity index (χ0n) is 32.4. The second kappa shape index (κ2) is 17.3. The summed E-state index contributed by atoms with van der Waals surface area (Å²) in [4.78, 5) is 41.3. The number of nitrogens with one attached hydrogen (secondary N) is 2. The molecule has 55 heavy (non-hydrogen) atoms. The van der Waals surface area contributed by atoms with Crippen LogP contribution in [0.2, 0.25) is 5.02 Å². The number of piperazine rings is 1. The largest absolute Gasteiger partial charge is 0.490 e. The number of ether oxygens (including phenoxy) is 3. The predicted octanol–water partition coefficient (Wildman–Crippen LogP) is 4.53. The van der Waals surface area contributed by atoms with Gasteiger partial charge in [0, 0.05) is 68.3 Å². The van der Waals surface area contributed by atoms with Crippen molar-refractivity contribution in [1.29, 1.82) is 0 Å². The van der Waals surface area contributed by atoms with Crippen LogP contribution in [0.4, 0.5) is 5.69 Å². The molecule has 1 saturated carbocycles. The van der Waals surface area contributed by atoms with Crippen molar-refractivity contribution in [2.24, 2.45) is 17.8 Å². The minimum atomic E-state index is -3.97. The molecule has 2 aliphatic carbocycles. The van der Waals surface area contributed by atoms with Crippen LogP contribution in [0.3, 0.4) is 0 Å². The number of carbonyl (C=O) groups excluding carboxylic acids is 3. The molecule has 3 aliphatic heterocycles. The highest BCUT2D eigenvalue weighted by Crippen LogP contribution is 2.48. The third-order valence-electron chi connectivity index (χ3n) is 12.5. The molecule has 7 rings (SSSR count). The van der Waals surface area contributed by atoms with E-state index in [1.54, 1.807) is 32.2 Å². The average molecular weight is 799 g/mol. The number of amides is 1. The van der Waals surface area contributed by atoms with E-state index in [9.17, 15) is 22.8 Å². The molecular formula is C41H55ClN4O8S. The highest BCUT2D eigenvalue weighted by atomic mass is 35.5. The topological polar surface area (TPSA) is 144 Å². The van der Waals surface area contributed by atoms with Crippen molar-refractivity contribution in [3.63, 3.8) is 0 Å². The number of hydrogen-bond acceptors (Lipinski definition) is 11. The number of sulfonamides is 1. The summed E-state index contributed by atoms with van der Waals surface area (Å²) in [5.74, 6) is -0.349. The van der Waals surface area contributed by atoms with Crippen molar-refractivity contribution in [1.82, 2.24) is 14.9 Å². The van der Waals surface area contributed by atoms with Gasteiger partial charge >= 0.3 is 5.97 Å². The van der Waals surface area contributed by atoms with Crippen molar-refractivity contribution < 1.29 is 37.0 Å². The quantitative estimate of drug-likeness (QED) is 0.256. The number of anilines is 1. The number of aryl methyl sites for hydroxylation is 1. The molecule has 6 atom stereocenters. The highest BCUT2D eigenvalue weighted by Gasteiger charge is 2.49. The minimum absolute atomic E-state index is 0.0434. The van der Waals surface area contributed by atoms with E-state index >= 15 is 0 Å². The van der Waals surface area contributed by atoms with Crippen LogP contribution in [0.5, 0.6) is 5.75 Å². The molecule has 0 radical (unpaired) electrons. The third-order valence-corrected chi connectivity index (χ3v) is 14.6. The van der Waals surface area contributed by atoms with Crippen LogP contribution in [-0.2, 0) is 40.9 Å². The number of allylic oxidation sites excluding steroid dienone is 1. The summed E-state index contributed by atoms with van der Waals surface area (Å²) in [5, 5.41) is 3.09. The lowest BCUT2D eigenvalue weighted by Gasteiger charge is -2.48. The van der Waals surface area contributed by atoms with Crippen LogP contribution in [-0.4, -0.2) is 109 Å². The maximum Gasteiger partial charge on any atom is 0.319 e. The molecule has 2 aromatic rings. The molecule has 1 saturated heterocycles. The fraction of sp³-hybridized carbons (Fsp3) is 0.585. The molecule has 0 unspecified atom stereocenters. The van der Waals surface area contributed by atoms with Gasteiger partial charge in [-0.3, -0.25) is 19.3 Å². The number of esters is 1. The van der Waals surface area contributed by atoms with E-state index in [4.69, 9.17) is 21.1 Å². The Kier molecular flexibility index (Phi) is 13.0. The number of benzene rings is 2. The summed E-state index contributed by atoms with van der Waals surface area (Å²) in [6, 6.07) is 11.3. The fourth-order valence-electron chi connectivity index (χ4n) is 8.80. The molecule has 1 amide bonds. The number of hydrogen-bond donors (Lipinski definition) is 2. The van der Waals surface area contributed by atoms with Crippen LogP contribution in [0.15, 0.2) is 48.6 Å². The number of aldehydes is 1. The minimum Gasteiger partial charge on any atom is -0.490 e. The molecule has 1 spiro atoms. The molecule has 14 heteroatoms. The van der Waals surface area contributed by atoms with Gasteiger partial charge in [0.25, 0.3) is 5.91 Å². The Labute approximate surface area is 330 Å². The third kappa shape index (κ3) is 8.91. The molecule has 3 heterocycles. The van der Waals surface area contributed by atoms with Crippen molar-refractivity contribution in [2.75, 3.05) is 71.5 Å². The van der Waals surface area contributed by atoms with Crippen LogP contribution in [0, 0.1) is 17.8 Å². The Morgan fingerprint density at radius 2 is 1.89 bits per heavy atom. The van der Waals surface area contributed by atoms with Gasteiger partial charge < -0.3 is 24.4 Å².